The van der Waals surface area contributed by atoms with Gasteiger partial charge in [0.05, 0.1) is 6.61 Å². The molecule has 2 aliphatic heterocycles. The maximum Gasteiger partial charge on any atom is 0.303 e. The zero-order chi connectivity index (χ0) is 22.6. The summed E-state index contributed by atoms with van der Waals surface area (Å²) in [4.78, 5) is 34.8. The molecule has 1 saturated carbocycles. The first-order valence-electron chi connectivity index (χ1n) is 10.8. The second kappa shape index (κ2) is 10.2. The largest absolute Gasteiger partial charge is 0.463 e. The predicted molar refractivity (Wildman–Crippen MR) is 103 cm³/mol. The topological polar surface area (TPSA) is 116 Å². The number of esters is 3. The van der Waals surface area contributed by atoms with Crippen LogP contribution in [0.1, 0.15) is 59.8 Å². The number of hydrogen-bond acceptors (Lipinski definition) is 10. The molecule has 0 N–H and O–H groups in total. The van der Waals surface area contributed by atoms with Crippen molar-refractivity contribution < 1.29 is 47.5 Å². The fourth-order valence-electron chi connectivity index (χ4n) is 4.27. The molecular formula is C21H32O10. The lowest BCUT2D eigenvalue weighted by molar-refractivity contribution is -0.347. The maximum atomic E-state index is 11.8. The number of hydrogen-bond donors (Lipinski definition) is 0. The monoisotopic (exact) mass is 444 g/mol. The lowest BCUT2D eigenvalue weighted by Crippen LogP contribution is -2.60. The van der Waals surface area contributed by atoms with Gasteiger partial charge < -0.3 is 28.4 Å². The molecule has 31 heavy (non-hydrogen) atoms. The van der Waals surface area contributed by atoms with Gasteiger partial charge in [-0.25, -0.2) is 0 Å². The second-order valence-corrected chi connectivity index (χ2v) is 8.37. The van der Waals surface area contributed by atoms with Crippen LogP contribution in [0.2, 0.25) is 0 Å². The van der Waals surface area contributed by atoms with E-state index >= 15 is 0 Å². The molecule has 0 radical (unpaired) electrons. The van der Waals surface area contributed by atoms with Crippen LogP contribution in [0.15, 0.2) is 0 Å². The van der Waals surface area contributed by atoms with Crippen LogP contribution < -0.4 is 0 Å². The number of fused-ring (bicyclic) bond motifs is 1. The zero-order valence-electron chi connectivity index (χ0n) is 18.5. The molecule has 1 unspecified atom stereocenters. The summed E-state index contributed by atoms with van der Waals surface area (Å²) in [6.45, 7) is 5.61. The van der Waals surface area contributed by atoms with Gasteiger partial charge in [0, 0.05) is 27.7 Å². The van der Waals surface area contributed by atoms with Crippen molar-refractivity contribution in [1.29, 1.82) is 0 Å². The highest BCUT2D eigenvalue weighted by Crippen LogP contribution is 2.40. The van der Waals surface area contributed by atoms with Crippen molar-refractivity contribution in [3.63, 3.8) is 0 Å². The van der Waals surface area contributed by atoms with Gasteiger partial charge in [0.25, 0.3) is 5.97 Å². The predicted octanol–water partition coefficient (Wildman–Crippen LogP) is 1.82. The van der Waals surface area contributed by atoms with Crippen molar-refractivity contribution in [3.8, 4) is 0 Å². The quantitative estimate of drug-likeness (QED) is 0.425. The maximum absolute atomic E-state index is 11.8. The SMILES string of the molecule is CC(=O)OC[C@H]1O[C@@H]2OC(C)(OCC3CCCCC3)O[C@@H]2[C@@H](OC(C)=O)[C@@H]1OC(C)=O. The molecular weight excluding hydrogens is 412 g/mol. The summed E-state index contributed by atoms with van der Waals surface area (Å²) in [5.41, 5.74) is 0. The summed E-state index contributed by atoms with van der Waals surface area (Å²) in [6.07, 6.45) is 0.933. The third-order valence-corrected chi connectivity index (χ3v) is 5.63. The van der Waals surface area contributed by atoms with E-state index in [4.69, 9.17) is 33.2 Å². The van der Waals surface area contributed by atoms with E-state index < -0.39 is 54.6 Å². The summed E-state index contributed by atoms with van der Waals surface area (Å²) >= 11 is 0. The molecule has 3 fully saturated rings. The highest BCUT2D eigenvalue weighted by molar-refractivity contribution is 5.67. The van der Waals surface area contributed by atoms with Gasteiger partial charge in [-0.1, -0.05) is 19.3 Å². The molecule has 10 nitrogen and oxygen atoms in total. The van der Waals surface area contributed by atoms with Crippen LogP contribution in [-0.2, 0) is 47.5 Å². The fourth-order valence-corrected chi connectivity index (χ4v) is 4.27. The van der Waals surface area contributed by atoms with Crippen LogP contribution in [0.4, 0.5) is 0 Å². The lowest BCUT2D eigenvalue weighted by atomic mass is 9.90. The Morgan fingerprint density at radius 2 is 1.52 bits per heavy atom. The van der Waals surface area contributed by atoms with Crippen LogP contribution in [0, 0.1) is 5.92 Å². The Hall–Kier alpha value is -1.75. The van der Waals surface area contributed by atoms with Crippen molar-refractivity contribution in [1.82, 2.24) is 0 Å². The molecule has 0 spiro atoms. The molecule has 6 atom stereocenters. The van der Waals surface area contributed by atoms with E-state index in [-0.39, 0.29) is 6.61 Å². The van der Waals surface area contributed by atoms with E-state index in [0.29, 0.717) is 12.5 Å². The first kappa shape index (κ1) is 23.9. The average Bonchev–Trinajstić information content (AvgIpc) is 3.03. The molecule has 0 aromatic heterocycles. The molecule has 0 bridgehead atoms. The van der Waals surface area contributed by atoms with Crippen molar-refractivity contribution in [2.75, 3.05) is 13.2 Å². The first-order chi connectivity index (χ1) is 14.7. The lowest BCUT2D eigenvalue weighted by Gasteiger charge is -2.40. The van der Waals surface area contributed by atoms with Crippen LogP contribution in [-0.4, -0.2) is 67.8 Å². The van der Waals surface area contributed by atoms with E-state index in [1.165, 1.54) is 40.0 Å². The Morgan fingerprint density at radius 3 is 2.13 bits per heavy atom. The summed E-state index contributed by atoms with van der Waals surface area (Å²) in [5, 5.41) is 0. The molecule has 0 aromatic carbocycles. The minimum Gasteiger partial charge on any atom is -0.463 e. The Morgan fingerprint density at radius 1 is 0.871 bits per heavy atom. The van der Waals surface area contributed by atoms with Gasteiger partial charge in [0.15, 0.2) is 24.6 Å². The fraction of sp³-hybridized carbons (Fsp3) is 0.857. The normalized spacial score (nSPS) is 35.8. The average molecular weight is 444 g/mol. The Labute approximate surface area is 181 Å². The van der Waals surface area contributed by atoms with Gasteiger partial charge in [0.1, 0.15) is 12.7 Å². The van der Waals surface area contributed by atoms with E-state index in [9.17, 15) is 14.4 Å². The highest BCUT2D eigenvalue weighted by atomic mass is 16.9. The zero-order valence-corrected chi connectivity index (χ0v) is 18.5. The first-order valence-corrected chi connectivity index (χ1v) is 10.8. The van der Waals surface area contributed by atoms with Gasteiger partial charge >= 0.3 is 17.9 Å². The molecule has 10 heteroatoms. The molecule has 3 rings (SSSR count). The smallest absolute Gasteiger partial charge is 0.303 e. The summed E-state index contributed by atoms with van der Waals surface area (Å²) in [7, 11) is 0. The van der Waals surface area contributed by atoms with Crippen molar-refractivity contribution in [2.45, 2.75) is 96.5 Å². The van der Waals surface area contributed by atoms with Gasteiger partial charge in [-0.3, -0.25) is 19.1 Å². The molecule has 3 aliphatic rings. The highest BCUT2D eigenvalue weighted by Gasteiger charge is 2.59. The third-order valence-electron chi connectivity index (χ3n) is 5.63. The van der Waals surface area contributed by atoms with Crippen LogP contribution in [0.25, 0.3) is 0 Å². The molecule has 1 aliphatic carbocycles. The molecule has 176 valence electrons. The van der Waals surface area contributed by atoms with Crippen molar-refractivity contribution >= 4 is 17.9 Å². The molecule has 2 heterocycles. The Bertz CT molecular complexity index is 661. The number of carbonyl (C=O) groups excluding carboxylic acids is 3. The van der Waals surface area contributed by atoms with Crippen LogP contribution in [0.5, 0.6) is 0 Å². The molecule has 0 amide bonds. The molecule has 2 saturated heterocycles. The minimum absolute atomic E-state index is 0.211. The van der Waals surface area contributed by atoms with Gasteiger partial charge in [-0.05, 0) is 18.8 Å². The van der Waals surface area contributed by atoms with Crippen molar-refractivity contribution in [2.24, 2.45) is 5.92 Å². The second-order valence-electron chi connectivity index (χ2n) is 8.37. The number of rotatable bonds is 7. The van der Waals surface area contributed by atoms with Gasteiger partial charge in [0.2, 0.25) is 0 Å². The minimum atomic E-state index is -1.41. The van der Waals surface area contributed by atoms with Gasteiger partial charge in [-0.2, -0.15) is 0 Å². The van der Waals surface area contributed by atoms with E-state index in [1.54, 1.807) is 6.92 Å². The summed E-state index contributed by atoms with van der Waals surface area (Å²) in [6, 6.07) is 0. The summed E-state index contributed by atoms with van der Waals surface area (Å²) < 4.78 is 39.6. The Balaban J connectivity index is 1.75. The third kappa shape index (κ3) is 6.38. The number of ether oxygens (including phenoxy) is 7. The van der Waals surface area contributed by atoms with E-state index in [0.717, 1.165) is 12.8 Å². The van der Waals surface area contributed by atoms with Crippen molar-refractivity contribution in [3.05, 3.63) is 0 Å². The van der Waals surface area contributed by atoms with E-state index in [1.807, 2.05) is 0 Å². The standard InChI is InChI=1S/C21H32O10/c1-12(22)25-11-16-17(27-13(2)23)18(28-14(3)24)19-20(29-16)31-21(4,30-19)26-10-15-8-6-5-7-9-15/h15-20H,5-11H2,1-4H3/t16-,17-,18+,19-,20-,21?/m1/s1. The Kier molecular flexibility index (Phi) is 7.90. The van der Waals surface area contributed by atoms with Gasteiger partial charge in [-0.15, -0.1) is 0 Å². The van der Waals surface area contributed by atoms with Crippen LogP contribution >= 0.6 is 0 Å². The number of carbonyl (C=O) groups is 3. The summed E-state index contributed by atoms with van der Waals surface area (Å²) in [5.74, 6) is -2.71. The van der Waals surface area contributed by atoms with Crippen LogP contribution in [0.3, 0.4) is 0 Å². The van der Waals surface area contributed by atoms with E-state index in [2.05, 4.69) is 0 Å². The molecule has 0 aromatic rings.